The fourth-order valence-electron chi connectivity index (χ4n) is 2.68. The van der Waals surface area contributed by atoms with Gasteiger partial charge in [-0.1, -0.05) is 19.1 Å². The summed E-state index contributed by atoms with van der Waals surface area (Å²) >= 11 is 0. The summed E-state index contributed by atoms with van der Waals surface area (Å²) in [6.45, 7) is 3.61. The standard InChI is InChI=1S/C20H21N3O4/c1-3-18(24)22-15-7-4-13(5-8-15)12(2)21-20(26)14-6-9-16-17(10-14)27-11-19(25)23-16/h4-10,12H,3,11H2,1-2H3,(H,21,26)(H,22,24)(H,23,25). The quantitative estimate of drug-likeness (QED) is 0.757. The molecule has 2 aromatic carbocycles. The van der Waals surface area contributed by atoms with Crippen LogP contribution in [0.25, 0.3) is 0 Å². The number of anilines is 2. The number of rotatable bonds is 5. The summed E-state index contributed by atoms with van der Waals surface area (Å²) in [5.41, 5.74) is 2.64. The number of nitrogens with one attached hydrogen (secondary N) is 3. The van der Waals surface area contributed by atoms with E-state index >= 15 is 0 Å². The van der Waals surface area contributed by atoms with Gasteiger partial charge in [-0.25, -0.2) is 0 Å². The Kier molecular flexibility index (Phi) is 5.40. The van der Waals surface area contributed by atoms with Gasteiger partial charge in [0.2, 0.25) is 5.91 Å². The molecule has 0 aliphatic carbocycles. The molecule has 3 rings (SSSR count). The van der Waals surface area contributed by atoms with Crippen LogP contribution in [0.5, 0.6) is 5.75 Å². The fourth-order valence-corrected chi connectivity index (χ4v) is 2.68. The molecular weight excluding hydrogens is 346 g/mol. The van der Waals surface area contributed by atoms with Gasteiger partial charge in [0.15, 0.2) is 6.61 Å². The summed E-state index contributed by atoms with van der Waals surface area (Å²) in [6.07, 6.45) is 0.419. The van der Waals surface area contributed by atoms with E-state index < -0.39 is 0 Å². The maximum atomic E-state index is 12.5. The monoisotopic (exact) mass is 367 g/mol. The van der Waals surface area contributed by atoms with Crippen LogP contribution in [0.3, 0.4) is 0 Å². The molecule has 0 aromatic heterocycles. The smallest absolute Gasteiger partial charge is 0.262 e. The Bertz CT molecular complexity index is 877. The van der Waals surface area contributed by atoms with E-state index in [0.717, 1.165) is 11.3 Å². The summed E-state index contributed by atoms with van der Waals surface area (Å²) in [7, 11) is 0. The summed E-state index contributed by atoms with van der Waals surface area (Å²) in [5.74, 6) is -0.0260. The number of hydrogen-bond acceptors (Lipinski definition) is 4. The second kappa shape index (κ2) is 7.90. The van der Waals surface area contributed by atoms with Crippen molar-refractivity contribution in [3.63, 3.8) is 0 Å². The lowest BCUT2D eigenvalue weighted by molar-refractivity contribution is -0.118. The Morgan fingerprint density at radius 1 is 1.19 bits per heavy atom. The number of carbonyl (C=O) groups excluding carboxylic acids is 3. The third kappa shape index (κ3) is 4.44. The minimum Gasteiger partial charge on any atom is -0.482 e. The highest BCUT2D eigenvalue weighted by Gasteiger charge is 2.19. The number of carbonyl (C=O) groups is 3. The Labute approximate surface area is 157 Å². The molecule has 7 nitrogen and oxygen atoms in total. The van der Waals surface area contributed by atoms with Gasteiger partial charge in [-0.3, -0.25) is 14.4 Å². The summed E-state index contributed by atoms with van der Waals surface area (Å²) in [5, 5.41) is 8.41. The van der Waals surface area contributed by atoms with Crippen molar-refractivity contribution in [2.75, 3.05) is 17.2 Å². The molecule has 1 atom stereocenters. The van der Waals surface area contributed by atoms with Crippen LogP contribution in [0.4, 0.5) is 11.4 Å². The Balaban J connectivity index is 1.65. The van der Waals surface area contributed by atoms with Gasteiger partial charge < -0.3 is 20.7 Å². The number of benzene rings is 2. The molecule has 7 heteroatoms. The normalized spacial score (nSPS) is 13.6. The van der Waals surface area contributed by atoms with Crippen LogP contribution in [0.15, 0.2) is 42.5 Å². The Morgan fingerprint density at radius 3 is 2.63 bits per heavy atom. The van der Waals surface area contributed by atoms with Crippen molar-refractivity contribution in [1.29, 1.82) is 0 Å². The third-order valence-corrected chi connectivity index (χ3v) is 4.24. The van der Waals surface area contributed by atoms with Gasteiger partial charge in [-0.2, -0.15) is 0 Å². The molecule has 0 fully saturated rings. The zero-order valence-corrected chi connectivity index (χ0v) is 15.2. The van der Waals surface area contributed by atoms with Crippen molar-refractivity contribution in [3.05, 3.63) is 53.6 Å². The first-order valence-electron chi connectivity index (χ1n) is 8.73. The molecule has 0 spiro atoms. The van der Waals surface area contributed by atoms with Crippen molar-refractivity contribution < 1.29 is 19.1 Å². The molecule has 1 unspecified atom stereocenters. The molecular formula is C20H21N3O4. The largest absolute Gasteiger partial charge is 0.482 e. The average Bonchev–Trinajstić information content (AvgIpc) is 2.67. The predicted molar refractivity (Wildman–Crippen MR) is 102 cm³/mol. The number of fused-ring (bicyclic) bond motifs is 1. The van der Waals surface area contributed by atoms with E-state index in [1.807, 2.05) is 19.1 Å². The van der Waals surface area contributed by atoms with Crippen molar-refractivity contribution >= 4 is 29.1 Å². The van der Waals surface area contributed by atoms with Crippen LogP contribution in [-0.4, -0.2) is 24.3 Å². The predicted octanol–water partition coefficient (Wildman–Crippen LogP) is 2.86. The lowest BCUT2D eigenvalue weighted by Gasteiger charge is -2.19. The van der Waals surface area contributed by atoms with E-state index in [-0.39, 0.29) is 30.4 Å². The number of hydrogen-bond donors (Lipinski definition) is 3. The maximum Gasteiger partial charge on any atom is 0.262 e. The minimum atomic E-state index is -0.242. The zero-order valence-electron chi connectivity index (χ0n) is 15.2. The molecule has 3 amide bonds. The Hall–Kier alpha value is -3.35. The van der Waals surface area contributed by atoms with Crippen molar-refractivity contribution in [2.45, 2.75) is 26.3 Å². The molecule has 2 aromatic rings. The van der Waals surface area contributed by atoms with E-state index in [4.69, 9.17) is 4.74 Å². The summed E-state index contributed by atoms with van der Waals surface area (Å²) in [4.78, 5) is 35.2. The molecule has 1 heterocycles. The molecule has 0 saturated carbocycles. The van der Waals surface area contributed by atoms with Crippen molar-refractivity contribution in [2.24, 2.45) is 0 Å². The van der Waals surface area contributed by atoms with Crippen LogP contribution in [-0.2, 0) is 9.59 Å². The van der Waals surface area contributed by atoms with Gasteiger partial charge in [0.05, 0.1) is 11.7 Å². The number of ether oxygens (including phenoxy) is 1. The summed E-state index contributed by atoms with van der Waals surface area (Å²) < 4.78 is 5.34. The highest BCUT2D eigenvalue weighted by atomic mass is 16.5. The van der Waals surface area contributed by atoms with Crippen LogP contribution < -0.4 is 20.7 Å². The van der Waals surface area contributed by atoms with E-state index in [0.29, 0.717) is 23.4 Å². The molecule has 0 bridgehead atoms. The molecule has 3 N–H and O–H groups in total. The van der Waals surface area contributed by atoms with Gasteiger partial charge in [0.1, 0.15) is 5.75 Å². The van der Waals surface area contributed by atoms with E-state index in [2.05, 4.69) is 16.0 Å². The third-order valence-electron chi connectivity index (χ3n) is 4.24. The molecule has 140 valence electrons. The van der Waals surface area contributed by atoms with E-state index in [9.17, 15) is 14.4 Å². The first kappa shape index (κ1) is 18.4. The van der Waals surface area contributed by atoms with E-state index in [1.54, 1.807) is 37.3 Å². The lowest BCUT2D eigenvalue weighted by Crippen LogP contribution is -2.28. The molecule has 1 aliphatic heterocycles. The highest BCUT2D eigenvalue weighted by molar-refractivity contribution is 5.99. The molecule has 0 saturated heterocycles. The van der Waals surface area contributed by atoms with Crippen molar-refractivity contribution in [3.8, 4) is 5.75 Å². The second-order valence-corrected chi connectivity index (χ2v) is 6.27. The van der Waals surface area contributed by atoms with Gasteiger partial charge in [-0.15, -0.1) is 0 Å². The highest BCUT2D eigenvalue weighted by Crippen LogP contribution is 2.28. The van der Waals surface area contributed by atoms with Crippen LogP contribution in [0, 0.1) is 0 Å². The molecule has 27 heavy (non-hydrogen) atoms. The SMILES string of the molecule is CCC(=O)Nc1ccc(C(C)NC(=O)c2ccc3c(c2)OCC(=O)N3)cc1. The van der Waals surface area contributed by atoms with Gasteiger partial charge in [-0.05, 0) is 42.8 Å². The molecule has 0 radical (unpaired) electrons. The molecule has 1 aliphatic rings. The lowest BCUT2D eigenvalue weighted by atomic mass is 10.1. The van der Waals surface area contributed by atoms with Crippen LogP contribution >= 0.6 is 0 Å². The first-order chi connectivity index (χ1) is 13.0. The van der Waals surface area contributed by atoms with Gasteiger partial charge in [0, 0.05) is 17.7 Å². The summed E-state index contributed by atoms with van der Waals surface area (Å²) in [6, 6.07) is 12.0. The topological polar surface area (TPSA) is 96.5 Å². The second-order valence-electron chi connectivity index (χ2n) is 6.27. The average molecular weight is 367 g/mol. The fraction of sp³-hybridized carbons (Fsp3) is 0.250. The van der Waals surface area contributed by atoms with Crippen LogP contribution in [0.2, 0.25) is 0 Å². The van der Waals surface area contributed by atoms with Crippen LogP contribution in [0.1, 0.15) is 42.2 Å². The number of amides is 3. The van der Waals surface area contributed by atoms with Gasteiger partial charge in [0.25, 0.3) is 11.8 Å². The first-order valence-corrected chi connectivity index (χ1v) is 8.73. The van der Waals surface area contributed by atoms with E-state index in [1.165, 1.54) is 0 Å². The Morgan fingerprint density at radius 2 is 1.93 bits per heavy atom. The minimum absolute atomic E-state index is 0.0464. The van der Waals surface area contributed by atoms with Crippen molar-refractivity contribution in [1.82, 2.24) is 5.32 Å². The van der Waals surface area contributed by atoms with Gasteiger partial charge >= 0.3 is 0 Å². The maximum absolute atomic E-state index is 12.5. The zero-order chi connectivity index (χ0) is 19.4.